The van der Waals surface area contributed by atoms with E-state index in [2.05, 4.69) is 15.0 Å². The minimum atomic E-state index is -4.24. The summed E-state index contributed by atoms with van der Waals surface area (Å²) in [6, 6.07) is 21.4. The first-order chi connectivity index (χ1) is 19.6. The Bertz CT molecular complexity index is 1670. The van der Waals surface area contributed by atoms with Crippen LogP contribution in [0, 0.1) is 11.3 Å². The van der Waals surface area contributed by atoms with E-state index in [0.29, 0.717) is 5.75 Å². The summed E-state index contributed by atoms with van der Waals surface area (Å²) in [5.41, 5.74) is -0.756. The smallest absolute Gasteiger partial charge is 0.266 e. The third kappa shape index (κ3) is 6.37. The SMILES string of the molecule is COc1ccccc1Oc1c(OCCO)nc(-c2cccc(C#N)n2)nc1N(C(C)(C)C)S(=O)(=O)c1ccccc1. The van der Waals surface area contributed by atoms with Crippen LogP contribution in [0.15, 0.2) is 77.7 Å². The second-order valence-corrected chi connectivity index (χ2v) is 11.4. The number of para-hydroxylation sites is 2. The average Bonchev–Trinajstić information content (AvgIpc) is 2.97. The molecule has 0 bridgehead atoms. The first-order valence-electron chi connectivity index (χ1n) is 12.5. The summed E-state index contributed by atoms with van der Waals surface area (Å²) in [6.07, 6.45) is 0. The number of anilines is 1. The number of hydrogen-bond acceptors (Lipinski definition) is 10. The van der Waals surface area contributed by atoms with Crippen molar-refractivity contribution in [1.29, 1.82) is 5.26 Å². The van der Waals surface area contributed by atoms with Gasteiger partial charge in [0, 0.05) is 5.54 Å². The van der Waals surface area contributed by atoms with E-state index in [1.807, 2.05) is 6.07 Å². The zero-order valence-corrected chi connectivity index (χ0v) is 23.8. The predicted octanol–water partition coefficient (Wildman–Crippen LogP) is 4.58. The van der Waals surface area contributed by atoms with E-state index in [4.69, 9.17) is 14.2 Å². The quantitative estimate of drug-likeness (QED) is 0.285. The highest BCUT2D eigenvalue weighted by Crippen LogP contribution is 2.45. The molecule has 11 nitrogen and oxygen atoms in total. The number of methoxy groups -OCH3 is 1. The van der Waals surface area contributed by atoms with E-state index in [1.54, 1.807) is 75.4 Å². The minimum absolute atomic E-state index is 0.0186. The van der Waals surface area contributed by atoms with Crippen LogP contribution in [-0.4, -0.2) is 54.3 Å². The molecule has 212 valence electrons. The maximum atomic E-state index is 14.2. The number of aliphatic hydroxyl groups is 1. The van der Waals surface area contributed by atoms with Gasteiger partial charge in [0.15, 0.2) is 23.1 Å². The number of sulfonamides is 1. The van der Waals surface area contributed by atoms with Crippen LogP contribution in [0.2, 0.25) is 0 Å². The highest BCUT2D eigenvalue weighted by Gasteiger charge is 2.39. The van der Waals surface area contributed by atoms with Crippen molar-refractivity contribution in [3.8, 4) is 40.7 Å². The molecule has 0 saturated heterocycles. The fourth-order valence-corrected chi connectivity index (χ4v) is 5.71. The minimum Gasteiger partial charge on any atom is -0.493 e. The van der Waals surface area contributed by atoms with Crippen molar-refractivity contribution in [2.75, 3.05) is 24.6 Å². The predicted molar refractivity (Wildman–Crippen MR) is 151 cm³/mol. The molecule has 2 aromatic heterocycles. The van der Waals surface area contributed by atoms with E-state index >= 15 is 0 Å². The summed E-state index contributed by atoms with van der Waals surface area (Å²) in [7, 11) is -2.76. The molecule has 0 atom stereocenters. The third-order valence-electron chi connectivity index (χ3n) is 5.60. The van der Waals surface area contributed by atoms with E-state index in [9.17, 15) is 18.8 Å². The van der Waals surface area contributed by atoms with Gasteiger partial charge < -0.3 is 19.3 Å². The highest BCUT2D eigenvalue weighted by atomic mass is 32.2. The van der Waals surface area contributed by atoms with Gasteiger partial charge in [-0.05, 0) is 57.2 Å². The van der Waals surface area contributed by atoms with Crippen LogP contribution in [-0.2, 0) is 10.0 Å². The summed E-state index contributed by atoms with van der Waals surface area (Å²) in [5, 5.41) is 18.9. The van der Waals surface area contributed by atoms with Crippen LogP contribution in [0.25, 0.3) is 11.5 Å². The zero-order chi connectivity index (χ0) is 29.6. The Morgan fingerprint density at radius 2 is 1.61 bits per heavy atom. The Morgan fingerprint density at radius 3 is 2.24 bits per heavy atom. The number of aliphatic hydroxyl groups excluding tert-OH is 1. The van der Waals surface area contributed by atoms with Crippen molar-refractivity contribution in [2.45, 2.75) is 31.2 Å². The summed E-state index contributed by atoms with van der Waals surface area (Å²) < 4.78 is 47.1. The molecule has 0 radical (unpaired) electrons. The molecular weight excluding hydrogens is 546 g/mol. The Morgan fingerprint density at radius 1 is 0.927 bits per heavy atom. The monoisotopic (exact) mass is 575 g/mol. The second-order valence-electron chi connectivity index (χ2n) is 9.60. The standard InChI is InChI=1S/C29H29N5O6S/c1-29(2,3)34(41(36,37)21-12-6-5-7-13-21)27-25(40-24-16-9-8-15-23(24)38-4)28(39-18-17-35)33-26(32-27)22-14-10-11-20(19-30)31-22/h5-16,35H,17-18H2,1-4H3. The van der Waals surface area contributed by atoms with Gasteiger partial charge in [0.2, 0.25) is 5.75 Å². The Hall–Kier alpha value is -4.73. The highest BCUT2D eigenvalue weighted by molar-refractivity contribution is 7.92. The number of hydrogen-bond donors (Lipinski definition) is 1. The largest absolute Gasteiger partial charge is 0.493 e. The number of nitrogens with zero attached hydrogens (tertiary/aromatic N) is 5. The molecular formula is C29H29N5O6S. The molecule has 0 saturated carbocycles. The zero-order valence-electron chi connectivity index (χ0n) is 23.0. The fourth-order valence-electron chi connectivity index (χ4n) is 3.92. The number of pyridine rings is 1. The van der Waals surface area contributed by atoms with Crippen LogP contribution in [0.1, 0.15) is 26.5 Å². The lowest BCUT2D eigenvalue weighted by atomic mass is 10.1. The van der Waals surface area contributed by atoms with Crippen LogP contribution >= 0.6 is 0 Å². The molecule has 12 heteroatoms. The Kier molecular flexibility index (Phi) is 8.71. The topological polar surface area (TPSA) is 148 Å². The van der Waals surface area contributed by atoms with Gasteiger partial charge in [-0.3, -0.25) is 0 Å². The lowest BCUT2D eigenvalue weighted by molar-refractivity contribution is 0.192. The van der Waals surface area contributed by atoms with Gasteiger partial charge in [0.1, 0.15) is 24.1 Å². The van der Waals surface area contributed by atoms with E-state index in [-0.39, 0.29) is 58.5 Å². The lowest BCUT2D eigenvalue weighted by Gasteiger charge is -2.36. The van der Waals surface area contributed by atoms with E-state index in [1.165, 1.54) is 25.3 Å². The van der Waals surface area contributed by atoms with Crippen molar-refractivity contribution in [3.63, 3.8) is 0 Å². The first-order valence-corrected chi connectivity index (χ1v) is 14.0. The number of nitriles is 1. The van der Waals surface area contributed by atoms with Crippen molar-refractivity contribution < 1.29 is 27.7 Å². The number of aromatic nitrogens is 3. The Balaban J connectivity index is 2.08. The summed E-state index contributed by atoms with van der Waals surface area (Å²) in [4.78, 5) is 13.5. The lowest BCUT2D eigenvalue weighted by Crippen LogP contribution is -2.46. The van der Waals surface area contributed by atoms with E-state index in [0.717, 1.165) is 4.31 Å². The number of rotatable bonds is 10. The maximum absolute atomic E-state index is 14.2. The van der Waals surface area contributed by atoms with Crippen LogP contribution in [0.3, 0.4) is 0 Å². The molecule has 0 aliphatic carbocycles. The molecule has 4 aromatic rings. The normalized spacial score (nSPS) is 11.4. The molecule has 0 aliphatic heterocycles. The summed E-state index contributed by atoms with van der Waals surface area (Å²) in [6.45, 7) is 4.61. The maximum Gasteiger partial charge on any atom is 0.266 e. The average molecular weight is 576 g/mol. The van der Waals surface area contributed by atoms with E-state index < -0.39 is 15.6 Å². The molecule has 1 N–H and O–H groups in total. The third-order valence-corrected chi connectivity index (χ3v) is 7.67. The van der Waals surface area contributed by atoms with Crippen LogP contribution < -0.4 is 18.5 Å². The molecule has 0 spiro atoms. The van der Waals surface area contributed by atoms with Gasteiger partial charge in [-0.1, -0.05) is 36.4 Å². The van der Waals surface area contributed by atoms with Crippen molar-refractivity contribution in [2.24, 2.45) is 0 Å². The summed E-state index contributed by atoms with van der Waals surface area (Å²) >= 11 is 0. The summed E-state index contributed by atoms with van der Waals surface area (Å²) in [5.74, 6) is 0.178. The van der Waals surface area contributed by atoms with Crippen molar-refractivity contribution >= 4 is 15.8 Å². The number of ether oxygens (including phenoxy) is 3. The van der Waals surface area contributed by atoms with Gasteiger partial charge in [-0.25, -0.2) is 22.7 Å². The van der Waals surface area contributed by atoms with Gasteiger partial charge >= 0.3 is 0 Å². The van der Waals surface area contributed by atoms with Gasteiger partial charge in [0.25, 0.3) is 15.9 Å². The molecule has 2 aromatic carbocycles. The van der Waals surface area contributed by atoms with Gasteiger partial charge in [-0.2, -0.15) is 10.2 Å². The molecule has 4 rings (SSSR count). The molecule has 2 heterocycles. The Labute approximate surface area is 238 Å². The second kappa shape index (κ2) is 12.2. The van der Waals surface area contributed by atoms with Crippen molar-refractivity contribution in [1.82, 2.24) is 15.0 Å². The fraction of sp³-hybridized carbons (Fsp3) is 0.241. The molecule has 0 fully saturated rings. The van der Waals surface area contributed by atoms with Crippen molar-refractivity contribution in [3.05, 3.63) is 78.5 Å². The number of benzene rings is 2. The molecule has 0 unspecified atom stereocenters. The molecule has 0 amide bonds. The van der Waals surface area contributed by atoms with Crippen LogP contribution in [0.4, 0.5) is 5.82 Å². The first kappa shape index (κ1) is 29.3. The van der Waals surface area contributed by atoms with Gasteiger partial charge in [0.05, 0.1) is 18.6 Å². The van der Waals surface area contributed by atoms with Gasteiger partial charge in [-0.15, -0.1) is 0 Å². The molecule has 0 aliphatic rings. The molecule has 41 heavy (non-hydrogen) atoms. The van der Waals surface area contributed by atoms with Crippen LogP contribution in [0.5, 0.6) is 23.1 Å².